The lowest BCUT2D eigenvalue weighted by Crippen LogP contribution is -2.54. The minimum atomic E-state index is -0.325. The summed E-state index contributed by atoms with van der Waals surface area (Å²) in [6.45, 7) is 11.4. The van der Waals surface area contributed by atoms with E-state index < -0.39 is 0 Å². The summed E-state index contributed by atoms with van der Waals surface area (Å²) in [5, 5.41) is 12.7. The summed E-state index contributed by atoms with van der Waals surface area (Å²) in [6, 6.07) is 2.45. The van der Waals surface area contributed by atoms with Crippen LogP contribution in [0, 0.1) is 11.3 Å². The van der Waals surface area contributed by atoms with Crippen LogP contribution in [-0.4, -0.2) is 35.6 Å². The maximum absolute atomic E-state index is 9.25. The van der Waals surface area contributed by atoms with Crippen LogP contribution in [0.15, 0.2) is 0 Å². The molecule has 1 fully saturated rings. The van der Waals surface area contributed by atoms with E-state index in [0.29, 0.717) is 0 Å². The molecule has 0 radical (unpaired) electrons. The van der Waals surface area contributed by atoms with Gasteiger partial charge >= 0.3 is 0 Å². The number of hydrogen-bond donors (Lipinski definition) is 1. The number of nitrogens with one attached hydrogen (secondary N) is 1. The van der Waals surface area contributed by atoms with Gasteiger partial charge in [-0.3, -0.25) is 5.32 Å². The molecule has 3 nitrogen and oxygen atoms in total. The summed E-state index contributed by atoms with van der Waals surface area (Å²) in [5.41, 5.74) is -0.312. The van der Waals surface area contributed by atoms with Gasteiger partial charge in [-0.25, -0.2) is 0 Å². The summed E-state index contributed by atoms with van der Waals surface area (Å²) < 4.78 is 0. The lowest BCUT2D eigenvalue weighted by Gasteiger charge is -2.32. The van der Waals surface area contributed by atoms with Crippen LogP contribution in [0.5, 0.6) is 0 Å². The molecule has 0 aromatic carbocycles. The van der Waals surface area contributed by atoms with E-state index in [0.717, 1.165) is 26.1 Å². The molecule has 0 aromatic rings. The van der Waals surface area contributed by atoms with Crippen molar-refractivity contribution in [3.05, 3.63) is 0 Å². The highest BCUT2D eigenvalue weighted by atomic mass is 15.2. The lowest BCUT2D eigenvalue weighted by atomic mass is 9.95. The molecule has 3 heteroatoms. The fraction of sp³-hybridized carbons (Fsp3) is 0.909. The standard InChI is InChI=1S/C11H21N3/c1-5-14-7-6-11(8-12,9-14)13-10(2,3)4/h13H,5-7,9H2,1-4H3. The van der Waals surface area contributed by atoms with E-state index in [-0.39, 0.29) is 11.1 Å². The van der Waals surface area contributed by atoms with Gasteiger partial charge in [0.15, 0.2) is 0 Å². The Hall–Kier alpha value is -0.590. The molecular formula is C11H21N3. The van der Waals surface area contributed by atoms with Crippen LogP contribution >= 0.6 is 0 Å². The van der Waals surface area contributed by atoms with Crippen molar-refractivity contribution < 1.29 is 0 Å². The summed E-state index contributed by atoms with van der Waals surface area (Å²) in [5.74, 6) is 0. The highest BCUT2D eigenvalue weighted by Gasteiger charge is 2.39. The molecule has 14 heavy (non-hydrogen) atoms. The van der Waals surface area contributed by atoms with Gasteiger partial charge in [-0.2, -0.15) is 5.26 Å². The van der Waals surface area contributed by atoms with Crippen molar-refractivity contribution in [1.82, 2.24) is 10.2 Å². The number of hydrogen-bond acceptors (Lipinski definition) is 3. The fourth-order valence-corrected chi connectivity index (χ4v) is 2.10. The van der Waals surface area contributed by atoms with Crippen LogP contribution in [-0.2, 0) is 0 Å². The Morgan fingerprint density at radius 3 is 2.50 bits per heavy atom. The minimum absolute atomic E-state index is 0.0134. The largest absolute Gasteiger partial charge is 0.301 e. The monoisotopic (exact) mass is 195 g/mol. The van der Waals surface area contributed by atoms with E-state index in [1.807, 2.05) is 0 Å². The maximum atomic E-state index is 9.25. The Morgan fingerprint density at radius 2 is 2.14 bits per heavy atom. The van der Waals surface area contributed by atoms with Crippen molar-refractivity contribution >= 4 is 0 Å². The normalized spacial score (nSPS) is 29.1. The molecule has 1 aliphatic heterocycles. The molecule has 1 atom stereocenters. The van der Waals surface area contributed by atoms with Crippen molar-refractivity contribution in [2.24, 2.45) is 0 Å². The molecule has 0 saturated carbocycles. The van der Waals surface area contributed by atoms with E-state index in [1.165, 1.54) is 0 Å². The van der Waals surface area contributed by atoms with Crippen LogP contribution < -0.4 is 5.32 Å². The van der Waals surface area contributed by atoms with E-state index in [2.05, 4.69) is 44.0 Å². The van der Waals surface area contributed by atoms with Gasteiger partial charge in [-0.1, -0.05) is 6.92 Å². The SMILES string of the molecule is CCN1CCC(C#N)(NC(C)(C)C)C1. The average molecular weight is 195 g/mol. The van der Waals surface area contributed by atoms with Gasteiger partial charge in [0.05, 0.1) is 6.07 Å². The van der Waals surface area contributed by atoms with Gasteiger partial charge in [0, 0.05) is 18.6 Å². The summed E-state index contributed by atoms with van der Waals surface area (Å²) in [6.07, 6.45) is 0.939. The fourth-order valence-electron chi connectivity index (χ4n) is 2.10. The molecule has 1 heterocycles. The highest BCUT2D eigenvalue weighted by molar-refractivity contribution is 5.14. The number of nitriles is 1. The van der Waals surface area contributed by atoms with Crippen LogP contribution in [0.2, 0.25) is 0 Å². The molecule has 0 spiro atoms. The van der Waals surface area contributed by atoms with Crippen LogP contribution in [0.4, 0.5) is 0 Å². The molecule has 0 aliphatic carbocycles. The van der Waals surface area contributed by atoms with Gasteiger partial charge in [0.1, 0.15) is 5.54 Å². The molecule has 1 rings (SSSR count). The third kappa shape index (κ3) is 2.70. The quantitative estimate of drug-likeness (QED) is 0.723. The third-order valence-electron chi connectivity index (χ3n) is 2.62. The van der Waals surface area contributed by atoms with Gasteiger partial charge in [-0.15, -0.1) is 0 Å². The van der Waals surface area contributed by atoms with Gasteiger partial charge in [0.25, 0.3) is 0 Å². The molecule has 0 bridgehead atoms. The molecule has 80 valence electrons. The lowest BCUT2D eigenvalue weighted by molar-refractivity contribution is 0.279. The zero-order valence-corrected chi connectivity index (χ0v) is 9.72. The van der Waals surface area contributed by atoms with E-state index in [1.54, 1.807) is 0 Å². The van der Waals surface area contributed by atoms with E-state index in [9.17, 15) is 5.26 Å². The second kappa shape index (κ2) is 3.88. The predicted molar refractivity (Wildman–Crippen MR) is 58.0 cm³/mol. The Morgan fingerprint density at radius 1 is 1.50 bits per heavy atom. The number of likely N-dealkylation sites (tertiary alicyclic amines) is 1. The Labute approximate surface area is 87.1 Å². The predicted octanol–water partition coefficient (Wildman–Crippen LogP) is 1.36. The number of nitrogens with zero attached hydrogens (tertiary/aromatic N) is 2. The Balaban J connectivity index is 2.67. The molecule has 0 aromatic heterocycles. The third-order valence-corrected chi connectivity index (χ3v) is 2.62. The molecule has 0 amide bonds. The first-order valence-corrected chi connectivity index (χ1v) is 5.34. The van der Waals surface area contributed by atoms with Gasteiger partial charge in [-0.05, 0) is 33.7 Å². The average Bonchev–Trinajstić information content (AvgIpc) is 2.46. The second-order valence-corrected chi connectivity index (χ2v) is 5.19. The Kier molecular flexibility index (Phi) is 3.18. The molecule has 1 N–H and O–H groups in total. The van der Waals surface area contributed by atoms with Crippen LogP contribution in [0.3, 0.4) is 0 Å². The first-order valence-electron chi connectivity index (χ1n) is 5.34. The topological polar surface area (TPSA) is 39.1 Å². The van der Waals surface area contributed by atoms with Crippen molar-refractivity contribution in [1.29, 1.82) is 5.26 Å². The van der Waals surface area contributed by atoms with E-state index >= 15 is 0 Å². The van der Waals surface area contributed by atoms with E-state index in [4.69, 9.17) is 0 Å². The maximum Gasteiger partial charge on any atom is 0.121 e. The highest BCUT2D eigenvalue weighted by Crippen LogP contribution is 2.23. The Bertz CT molecular complexity index is 236. The van der Waals surface area contributed by atoms with Crippen molar-refractivity contribution in [3.63, 3.8) is 0 Å². The zero-order chi connectivity index (χ0) is 10.8. The van der Waals surface area contributed by atoms with Gasteiger partial charge in [0.2, 0.25) is 0 Å². The molecule has 1 aliphatic rings. The summed E-state index contributed by atoms with van der Waals surface area (Å²) in [7, 11) is 0. The molecule has 1 unspecified atom stereocenters. The summed E-state index contributed by atoms with van der Waals surface area (Å²) in [4.78, 5) is 2.32. The second-order valence-electron chi connectivity index (χ2n) is 5.19. The van der Waals surface area contributed by atoms with Crippen LogP contribution in [0.1, 0.15) is 34.1 Å². The first-order chi connectivity index (χ1) is 6.41. The first kappa shape index (κ1) is 11.5. The minimum Gasteiger partial charge on any atom is -0.301 e. The van der Waals surface area contributed by atoms with Crippen molar-refractivity contribution in [3.8, 4) is 6.07 Å². The van der Waals surface area contributed by atoms with Crippen molar-refractivity contribution in [2.45, 2.75) is 45.2 Å². The van der Waals surface area contributed by atoms with Crippen molar-refractivity contribution in [2.75, 3.05) is 19.6 Å². The summed E-state index contributed by atoms with van der Waals surface area (Å²) >= 11 is 0. The van der Waals surface area contributed by atoms with Gasteiger partial charge < -0.3 is 4.90 Å². The smallest absolute Gasteiger partial charge is 0.121 e. The molecular weight excluding hydrogens is 174 g/mol. The molecule has 1 saturated heterocycles. The zero-order valence-electron chi connectivity index (χ0n) is 9.72. The number of rotatable bonds is 2. The number of likely N-dealkylation sites (N-methyl/N-ethyl adjacent to an activating group) is 1. The van der Waals surface area contributed by atoms with Crippen LogP contribution in [0.25, 0.3) is 0 Å².